The number of benzene rings is 3. The molecule has 178 valence electrons. The molecule has 35 heavy (non-hydrogen) atoms. The number of aromatic nitrogens is 1. The van der Waals surface area contributed by atoms with Gasteiger partial charge in [0, 0.05) is 0 Å². The smallest absolute Gasteiger partial charge is 0.329 e. The summed E-state index contributed by atoms with van der Waals surface area (Å²) in [5.74, 6) is -2.26. The fourth-order valence-electron chi connectivity index (χ4n) is 3.72. The Morgan fingerprint density at radius 2 is 1.80 bits per heavy atom. The average Bonchev–Trinajstić information content (AvgIpc) is 3.52. The van der Waals surface area contributed by atoms with Gasteiger partial charge < -0.3 is 20.5 Å². The number of carbonyl (C=O) groups is 2. The summed E-state index contributed by atoms with van der Waals surface area (Å²) in [6, 6.07) is 13.6. The number of carboxylic acids is 1. The van der Waals surface area contributed by atoms with E-state index in [0.717, 1.165) is 0 Å². The SMILES string of the molecule is COc1cc(-c2ccc(Nc3nc4ccc(F)cc4s3)c(F)c2)ccc1C(=O)NC1(C(=O)O)CC1. The second-order valence-electron chi connectivity index (χ2n) is 8.21. The van der Waals surface area contributed by atoms with Crippen LogP contribution in [0.15, 0.2) is 54.6 Å². The Morgan fingerprint density at radius 1 is 1.06 bits per heavy atom. The zero-order chi connectivity index (χ0) is 24.7. The normalized spacial score (nSPS) is 13.9. The topological polar surface area (TPSA) is 101 Å². The van der Waals surface area contributed by atoms with Crippen LogP contribution < -0.4 is 15.4 Å². The third-order valence-corrected chi connectivity index (χ3v) is 6.79. The molecule has 4 aromatic rings. The Kier molecular flexibility index (Phi) is 5.60. The molecule has 0 radical (unpaired) electrons. The zero-order valence-electron chi connectivity index (χ0n) is 18.4. The summed E-state index contributed by atoms with van der Waals surface area (Å²) < 4.78 is 34.3. The van der Waals surface area contributed by atoms with Gasteiger partial charge in [0.15, 0.2) is 5.13 Å². The summed E-state index contributed by atoms with van der Waals surface area (Å²) in [6.07, 6.45) is 0.754. The van der Waals surface area contributed by atoms with Crippen LogP contribution in [-0.2, 0) is 4.79 Å². The quantitative estimate of drug-likeness (QED) is 0.320. The minimum Gasteiger partial charge on any atom is -0.496 e. The Bertz CT molecular complexity index is 1480. The van der Waals surface area contributed by atoms with Gasteiger partial charge in [0.1, 0.15) is 22.9 Å². The van der Waals surface area contributed by atoms with Crippen molar-refractivity contribution < 1.29 is 28.2 Å². The predicted molar refractivity (Wildman–Crippen MR) is 128 cm³/mol. The first kappa shape index (κ1) is 22.7. The van der Waals surface area contributed by atoms with Gasteiger partial charge in [0.2, 0.25) is 0 Å². The number of anilines is 2. The number of nitrogens with zero attached hydrogens (tertiary/aromatic N) is 1. The van der Waals surface area contributed by atoms with Crippen LogP contribution in [0.5, 0.6) is 5.75 Å². The van der Waals surface area contributed by atoms with Gasteiger partial charge in [-0.2, -0.15) is 0 Å². The molecule has 5 rings (SSSR count). The highest BCUT2D eigenvalue weighted by molar-refractivity contribution is 7.22. The van der Waals surface area contributed by atoms with Gasteiger partial charge in [0.05, 0.1) is 28.6 Å². The maximum Gasteiger partial charge on any atom is 0.329 e. The maximum atomic E-state index is 14.9. The standard InChI is InChI=1S/C25H19F2N3O4S/c1-34-20-11-14(2-5-16(20)22(31)30-25(8-9-25)23(32)33)13-3-6-18(17(27)10-13)28-24-29-19-7-4-15(26)12-21(19)35-24/h2-7,10-12H,8-9H2,1H3,(H,28,29)(H,30,31)(H,32,33). The van der Waals surface area contributed by atoms with Crippen molar-refractivity contribution in [2.45, 2.75) is 18.4 Å². The monoisotopic (exact) mass is 495 g/mol. The van der Waals surface area contributed by atoms with E-state index in [9.17, 15) is 23.5 Å². The number of ether oxygens (including phenoxy) is 1. The third-order valence-electron chi connectivity index (χ3n) is 5.85. The molecular formula is C25H19F2N3O4S. The highest BCUT2D eigenvalue weighted by Crippen LogP contribution is 2.37. The fraction of sp³-hybridized carbons (Fsp3) is 0.160. The van der Waals surface area contributed by atoms with Crippen LogP contribution in [0, 0.1) is 11.6 Å². The molecule has 3 N–H and O–H groups in total. The number of amides is 1. The van der Waals surface area contributed by atoms with Crippen molar-refractivity contribution in [3.8, 4) is 16.9 Å². The molecular weight excluding hydrogens is 476 g/mol. The highest BCUT2D eigenvalue weighted by Gasteiger charge is 2.51. The number of aliphatic carboxylic acids is 1. The van der Waals surface area contributed by atoms with E-state index in [1.165, 1.54) is 42.7 Å². The van der Waals surface area contributed by atoms with Crippen molar-refractivity contribution in [2.75, 3.05) is 12.4 Å². The number of carboxylic acid groups (broad SMARTS) is 1. The van der Waals surface area contributed by atoms with E-state index in [4.69, 9.17) is 4.74 Å². The van der Waals surface area contributed by atoms with Crippen molar-refractivity contribution in [1.82, 2.24) is 10.3 Å². The molecule has 0 atom stereocenters. The summed E-state index contributed by atoms with van der Waals surface area (Å²) in [6.45, 7) is 0. The number of methoxy groups -OCH3 is 1. The van der Waals surface area contributed by atoms with Crippen LogP contribution in [0.3, 0.4) is 0 Å². The number of rotatable bonds is 7. The minimum absolute atomic E-state index is 0.190. The molecule has 1 aromatic heterocycles. The lowest BCUT2D eigenvalue weighted by atomic mass is 10.0. The molecule has 0 aliphatic heterocycles. The second kappa shape index (κ2) is 8.62. The van der Waals surface area contributed by atoms with Crippen molar-refractivity contribution in [3.63, 3.8) is 0 Å². The van der Waals surface area contributed by atoms with E-state index in [1.807, 2.05) is 0 Å². The molecule has 1 aliphatic rings. The van der Waals surface area contributed by atoms with Gasteiger partial charge in [-0.1, -0.05) is 23.5 Å². The lowest BCUT2D eigenvalue weighted by Gasteiger charge is -2.15. The summed E-state index contributed by atoms with van der Waals surface area (Å²) in [5, 5.41) is 15.2. The lowest BCUT2D eigenvalue weighted by Crippen LogP contribution is -2.43. The van der Waals surface area contributed by atoms with Gasteiger partial charge in [-0.3, -0.25) is 4.79 Å². The van der Waals surface area contributed by atoms with Crippen LogP contribution in [-0.4, -0.2) is 34.6 Å². The van der Waals surface area contributed by atoms with E-state index in [1.54, 1.807) is 30.3 Å². The number of halogens is 2. The van der Waals surface area contributed by atoms with Gasteiger partial charge in [0.25, 0.3) is 5.91 Å². The van der Waals surface area contributed by atoms with Gasteiger partial charge >= 0.3 is 5.97 Å². The van der Waals surface area contributed by atoms with E-state index in [2.05, 4.69) is 15.6 Å². The number of carbonyl (C=O) groups excluding carboxylic acids is 1. The van der Waals surface area contributed by atoms with Crippen molar-refractivity contribution in [2.24, 2.45) is 0 Å². The van der Waals surface area contributed by atoms with E-state index in [0.29, 0.717) is 39.3 Å². The molecule has 7 nitrogen and oxygen atoms in total. The molecule has 0 spiro atoms. The third kappa shape index (κ3) is 4.40. The number of hydrogen-bond donors (Lipinski definition) is 3. The highest BCUT2D eigenvalue weighted by atomic mass is 32.1. The summed E-state index contributed by atoms with van der Waals surface area (Å²) in [4.78, 5) is 28.4. The van der Waals surface area contributed by atoms with Crippen molar-refractivity contribution in [1.29, 1.82) is 0 Å². The molecule has 0 unspecified atom stereocenters. The molecule has 1 aliphatic carbocycles. The lowest BCUT2D eigenvalue weighted by molar-refractivity contribution is -0.140. The predicted octanol–water partition coefficient (Wildman–Crippen LogP) is 5.34. The van der Waals surface area contributed by atoms with E-state index >= 15 is 0 Å². The van der Waals surface area contributed by atoms with Crippen molar-refractivity contribution >= 4 is 44.2 Å². The van der Waals surface area contributed by atoms with E-state index < -0.39 is 23.2 Å². The molecule has 3 aromatic carbocycles. The summed E-state index contributed by atoms with van der Waals surface area (Å²) in [5.41, 5.74) is 0.953. The number of thiazole rings is 1. The molecule has 0 bridgehead atoms. The maximum absolute atomic E-state index is 14.9. The first-order chi connectivity index (χ1) is 16.8. The number of hydrogen-bond acceptors (Lipinski definition) is 6. The van der Waals surface area contributed by atoms with Gasteiger partial charge in [-0.15, -0.1) is 0 Å². The second-order valence-corrected chi connectivity index (χ2v) is 9.24. The van der Waals surface area contributed by atoms with Gasteiger partial charge in [-0.25, -0.2) is 18.6 Å². The Balaban J connectivity index is 1.37. The summed E-state index contributed by atoms with van der Waals surface area (Å²) >= 11 is 1.21. The molecule has 1 amide bonds. The van der Waals surface area contributed by atoms with Crippen LogP contribution in [0.1, 0.15) is 23.2 Å². The molecule has 1 heterocycles. The number of fused-ring (bicyclic) bond motifs is 1. The Morgan fingerprint density at radius 3 is 2.49 bits per heavy atom. The fourth-order valence-corrected chi connectivity index (χ4v) is 4.63. The number of nitrogens with one attached hydrogen (secondary N) is 2. The van der Waals surface area contributed by atoms with Crippen molar-refractivity contribution in [3.05, 3.63) is 71.8 Å². The Labute approximate surface area is 202 Å². The summed E-state index contributed by atoms with van der Waals surface area (Å²) in [7, 11) is 1.40. The molecule has 1 saturated carbocycles. The molecule has 1 fully saturated rings. The molecule has 0 saturated heterocycles. The minimum atomic E-state index is -1.22. The van der Waals surface area contributed by atoms with Gasteiger partial charge in [-0.05, 0) is 66.4 Å². The molecule has 10 heteroatoms. The van der Waals surface area contributed by atoms with Crippen LogP contribution in [0.4, 0.5) is 19.6 Å². The average molecular weight is 496 g/mol. The Hall–Kier alpha value is -4.05. The zero-order valence-corrected chi connectivity index (χ0v) is 19.2. The van der Waals surface area contributed by atoms with E-state index in [-0.39, 0.29) is 22.8 Å². The first-order valence-corrected chi connectivity index (χ1v) is 11.5. The van der Waals surface area contributed by atoms with Crippen LogP contribution >= 0.6 is 11.3 Å². The van der Waals surface area contributed by atoms with Crippen LogP contribution in [0.25, 0.3) is 21.3 Å². The van der Waals surface area contributed by atoms with Crippen LogP contribution in [0.2, 0.25) is 0 Å². The first-order valence-electron chi connectivity index (χ1n) is 10.6. The largest absolute Gasteiger partial charge is 0.496 e.